The summed E-state index contributed by atoms with van der Waals surface area (Å²) in [4.78, 5) is 0. The lowest BCUT2D eigenvalue weighted by molar-refractivity contribution is -0.0589. The number of aliphatic hydroxyl groups excluding tert-OH is 1. The number of aliphatic hydroxyl groups is 2. The third kappa shape index (κ3) is 1.70. The molecule has 1 heterocycles. The van der Waals surface area contributed by atoms with Gasteiger partial charge >= 0.3 is 0 Å². The highest BCUT2D eigenvalue weighted by atomic mass is 16.5. The molecule has 0 aromatic carbocycles. The predicted molar refractivity (Wildman–Crippen MR) is 61.2 cm³/mol. The minimum atomic E-state index is -1.15. The van der Waals surface area contributed by atoms with Crippen molar-refractivity contribution in [3.63, 3.8) is 0 Å². The van der Waals surface area contributed by atoms with E-state index in [4.69, 9.17) is 10.2 Å². The van der Waals surface area contributed by atoms with Crippen molar-refractivity contribution in [3.8, 4) is 0 Å². The lowest BCUT2D eigenvalue weighted by atomic mass is 9.89. The maximum Gasteiger partial charge on any atom is 0.154 e. The van der Waals surface area contributed by atoms with Crippen LogP contribution >= 0.6 is 0 Å². The second kappa shape index (κ2) is 3.75. The summed E-state index contributed by atoms with van der Waals surface area (Å²) >= 11 is 0. The molecule has 1 aliphatic heterocycles. The highest BCUT2D eigenvalue weighted by Crippen LogP contribution is 2.48. The van der Waals surface area contributed by atoms with Crippen molar-refractivity contribution in [2.75, 3.05) is 6.54 Å². The predicted octanol–water partition coefficient (Wildman–Crippen LogP) is 0.923. The summed E-state index contributed by atoms with van der Waals surface area (Å²) in [5, 5.41) is 21.6. The Bertz CT molecular complexity index is 381. The van der Waals surface area contributed by atoms with Crippen LogP contribution < -0.4 is 5.32 Å². The molecule has 2 aliphatic carbocycles. The van der Waals surface area contributed by atoms with E-state index in [0.717, 1.165) is 19.4 Å². The van der Waals surface area contributed by atoms with Gasteiger partial charge in [-0.15, -0.1) is 0 Å². The second-order valence-corrected chi connectivity index (χ2v) is 4.87. The molecule has 3 atom stereocenters. The number of allylic oxidation sites excluding steroid dienone is 4. The van der Waals surface area contributed by atoms with Gasteiger partial charge in [-0.2, -0.15) is 0 Å². The summed E-state index contributed by atoms with van der Waals surface area (Å²) in [6, 6.07) is 0. The third-order valence-corrected chi connectivity index (χ3v) is 3.77. The van der Waals surface area contributed by atoms with Crippen LogP contribution in [0, 0.1) is 17.8 Å². The monoisotopic (exact) mass is 219 g/mol. The topological polar surface area (TPSA) is 52.5 Å². The highest BCUT2D eigenvalue weighted by Gasteiger charge is 2.44. The molecule has 3 aliphatic rings. The zero-order valence-corrected chi connectivity index (χ0v) is 9.13. The Labute approximate surface area is 95.2 Å². The average molecular weight is 219 g/mol. The first-order chi connectivity index (χ1) is 7.75. The van der Waals surface area contributed by atoms with Gasteiger partial charge in [-0.05, 0) is 30.4 Å². The van der Waals surface area contributed by atoms with Gasteiger partial charge in [0.05, 0.1) is 0 Å². The van der Waals surface area contributed by atoms with Gasteiger partial charge in [0.15, 0.2) is 6.29 Å². The van der Waals surface area contributed by atoms with Crippen LogP contribution in [-0.4, -0.2) is 23.0 Å². The fourth-order valence-corrected chi connectivity index (χ4v) is 2.69. The molecule has 3 N–H and O–H groups in total. The van der Waals surface area contributed by atoms with Gasteiger partial charge in [-0.1, -0.05) is 18.2 Å². The van der Waals surface area contributed by atoms with Crippen molar-refractivity contribution >= 4 is 0 Å². The summed E-state index contributed by atoms with van der Waals surface area (Å²) in [6.45, 7) is 0.909. The first kappa shape index (κ1) is 10.1. The normalized spacial score (nSPS) is 36.3. The van der Waals surface area contributed by atoms with Crippen LogP contribution in [0.5, 0.6) is 0 Å². The number of nitrogens with one attached hydrogen (secondary N) is 1. The second-order valence-electron chi connectivity index (χ2n) is 4.87. The molecule has 16 heavy (non-hydrogen) atoms. The first-order valence-corrected chi connectivity index (χ1v) is 5.94. The van der Waals surface area contributed by atoms with Crippen molar-refractivity contribution in [3.05, 3.63) is 35.6 Å². The van der Waals surface area contributed by atoms with Gasteiger partial charge in [-0.25, -0.2) is 0 Å². The molecule has 1 fully saturated rings. The van der Waals surface area contributed by atoms with E-state index in [1.807, 2.05) is 0 Å². The van der Waals surface area contributed by atoms with Gasteiger partial charge in [0.25, 0.3) is 0 Å². The Kier molecular flexibility index (Phi) is 2.37. The molecule has 3 unspecified atom stereocenters. The number of rotatable bonds is 2. The molecular weight excluding hydrogens is 202 g/mol. The molecule has 3 heteroatoms. The molecule has 0 radical (unpaired) electrons. The summed E-state index contributed by atoms with van der Waals surface area (Å²) in [5.41, 5.74) is 2.57. The molecule has 1 saturated carbocycles. The van der Waals surface area contributed by atoms with Crippen molar-refractivity contribution in [2.24, 2.45) is 17.8 Å². The molecule has 3 rings (SSSR count). The van der Waals surface area contributed by atoms with E-state index in [2.05, 4.69) is 29.6 Å². The zero-order chi connectivity index (χ0) is 11.1. The van der Waals surface area contributed by atoms with Crippen LogP contribution in [0.3, 0.4) is 0 Å². The van der Waals surface area contributed by atoms with Crippen molar-refractivity contribution in [2.45, 2.75) is 19.1 Å². The summed E-state index contributed by atoms with van der Waals surface area (Å²) in [5.74, 6) is 0.925. The molecule has 0 spiro atoms. The third-order valence-electron chi connectivity index (χ3n) is 3.77. The summed E-state index contributed by atoms with van der Waals surface area (Å²) in [6.07, 6.45) is 9.66. The Morgan fingerprint density at radius 2 is 2.25 bits per heavy atom. The maximum atomic E-state index is 9.11. The van der Waals surface area contributed by atoms with Gasteiger partial charge < -0.3 is 15.5 Å². The molecule has 3 nitrogen and oxygen atoms in total. The van der Waals surface area contributed by atoms with Crippen LogP contribution in [0.25, 0.3) is 0 Å². The standard InChI is InChI=1S/C13H17NO2/c15-13(16)11-7-10(11)9-4-3-8-2-1-5-14-12(8)6-9/h1-2,4,6,8,10-11,13-16H,3,5,7H2. The van der Waals surface area contributed by atoms with Crippen LogP contribution in [0.2, 0.25) is 0 Å². The SMILES string of the molecule is OC(O)C1CC1C1=CCC2C=CCNC2=C1. The van der Waals surface area contributed by atoms with E-state index in [-0.39, 0.29) is 5.92 Å². The van der Waals surface area contributed by atoms with E-state index < -0.39 is 6.29 Å². The van der Waals surface area contributed by atoms with E-state index in [1.54, 1.807) is 0 Å². The Morgan fingerprint density at radius 3 is 3.00 bits per heavy atom. The van der Waals surface area contributed by atoms with E-state index in [9.17, 15) is 0 Å². The number of hydrogen-bond acceptors (Lipinski definition) is 3. The van der Waals surface area contributed by atoms with Crippen molar-refractivity contribution in [1.82, 2.24) is 5.32 Å². The van der Waals surface area contributed by atoms with Gasteiger partial charge in [0, 0.05) is 24.1 Å². The van der Waals surface area contributed by atoms with E-state index in [1.165, 1.54) is 11.3 Å². The van der Waals surface area contributed by atoms with Gasteiger partial charge in [-0.3, -0.25) is 0 Å². The number of hydrogen-bond donors (Lipinski definition) is 3. The molecule has 0 aromatic heterocycles. The Morgan fingerprint density at radius 1 is 1.38 bits per heavy atom. The molecule has 0 bridgehead atoms. The minimum absolute atomic E-state index is 0.0544. The van der Waals surface area contributed by atoms with Crippen molar-refractivity contribution in [1.29, 1.82) is 0 Å². The molecule has 0 amide bonds. The fraction of sp³-hybridized carbons (Fsp3) is 0.538. The Hall–Kier alpha value is -1.06. The quantitative estimate of drug-likeness (QED) is 0.478. The smallest absolute Gasteiger partial charge is 0.154 e. The fourth-order valence-electron chi connectivity index (χ4n) is 2.69. The van der Waals surface area contributed by atoms with Crippen molar-refractivity contribution < 1.29 is 10.2 Å². The van der Waals surface area contributed by atoms with E-state index in [0.29, 0.717) is 11.8 Å². The lowest BCUT2D eigenvalue weighted by Gasteiger charge is -2.25. The summed E-state index contributed by atoms with van der Waals surface area (Å²) in [7, 11) is 0. The minimum Gasteiger partial charge on any atom is -0.384 e. The zero-order valence-electron chi connectivity index (χ0n) is 9.13. The largest absolute Gasteiger partial charge is 0.384 e. The van der Waals surface area contributed by atoms with Gasteiger partial charge in [0.1, 0.15) is 0 Å². The molecule has 86 valence electrons. The Balaban J connectivity index is 1.73. The average Bonchev–Trinajstić information content (AvgIpc) is 3.08. The molecule has 0 aromatic rings. The molecule has 0 saturated heterocycles. The van der Waals surface area contributed by atoms with Crippen LogP contribution in [-0.2, 0) is 0 Å². The highest BCUT2D eigenvalue weighted by molar-refractivity contribution is 5.37. The number of fused-ring (bicyclic) bond motifs is 1. The van der Waals surface area contributed by atoms with Gasteiger partial charge in [0.2, 0.25) is 0 Å². The van der Waals surface area contributed by atoms with Crippen LogP contribution in [0.15, 0.2) is 35.6 Å². The first-order valence-electron chi connectivity index (χ1n) is 5.94. The maximum absolute atomic E-state index is 9.11. The summed E-state index contributed by atoms with van der Waals surface area (Å²) < 4.78 is 0. The van der Waals surface area contributed by atoms with Crippen LogP contribution in [0.1, 0.15) is 12.8 Å². The molecular formula is C13H17NO2. The lowest BCUT2D eigenvalue weighted by Crippen LogP contribution is -2.25. The van der Waals surface area contributed by atoms with E-state index >= 15 is 0 Å². The van der Waals surface area contributed by atoms with Crippen LogP contribution in [0.4, 0.5) is 0 Å².